The molecule has 1 unspecified atom stereocenters. The van der Waals surface area contributed by atoms with E-state index in [9.17, 15) is 10.2 Å². The summed E-state index contributed by atoms with van der Waals surface area (Å²) in [5.74, 6) is 1.85. The lowest BCUT2D eigenvalue weighted by Crippen LogP contribution is -2.26. The molecule has 1 aromatic heterocycles. The molecule has 0 bridgehead atoms. The van der Waals surface area contributed by atoms with Crippen LogP contribution >= 0.6 is 0 Å². The summed E-state index contributed by atoms with van der Waals surface area (Å²) in [6.07, 6.45) is 1.14. The number of ether oxygens (including phenoxy) is 2. The topological polar surface area (TPSA) is 97.6 Å². The van der Waals surface area contributed by atoms with E-state index in [-0.39, 0.29) is 19.0 Å². The van der Waals surface area contributed by atoms with Gasteiger partial charge in [0.15, 0.2) is 17.5 Å². The lowest BCUT2D eigenvalue weighted by Gasteiger charge is -2.29. The molecule has 4 aromatic carbocycles. The molecule has 0 aliphatic carbocycles. The lowest BCUT2D eigenvalue weighted by atomic mass is 9.77. The van der Waals surface area contributed by atoms with Crippen LogP contribution in [0.4, 0.5) is 0 Å². The number of aliphatic hydroxyl groups is 1. The molecule has 0 spiro atoms. The van der Waals surface area contributed by atoms with Gasteiger partial charge in [-0.05, 0) is 56.9 Å². The Morgan fingerprint density at radius 1 is 0.708 bits per heavy atom. The van der Waals surface area contributed by atoms with Gasteiger partial charge in [-0.3, -0.25) is 0 Å². The highest BCUT2D eigenvalue weighted by molar-refractivity contribution is 5.74. The van der Waals surface area contributed by atoms with E-state index in [0.29, 0.717) is 35.4 Å². The lowest BCUT2D eigenvalue weighted by molar-refractivity contribution is 0.0110. The first-order valence-electron chi connectivity index (χ1n) is 16.7. The Labute approximate surface area is 284 Å². The Balaban J connectivity index is 1.66. The van der Waals surface area contributed by atoms with Crippen molar-refractivity contribution in [3.8, 4) is 45.7 Å². The van der Waals surface area contributed by atoms with Crippen LogP contribution in [0.25, 0.3) is 34.2 Å². The fraction of sp³-hybridized carbons (Fsp3) is 0.341. The van der Waals surface area contributed by atoms with Crippen LogP contribution in [0.5, 0.6) is 11.5 Å². The minimum atomic E-state index is -0.819. The van der Waals surface area contributed by atoms with E-state index in [1.165, 1.54) is 0 Å². The zero-order valence-corrected chi connectivity index (χ0v) is 29.2. The fourth-order valence-electron chi connectivity index (χ4n) is 5.93. The van der Waals surface area contributed by atoms with Crippen LogP contribution < -0.4 is 4.74 Å². The Morgan fingerprint density at radius 3 is 1.81 bits per heavy atom. The predicted molar refractivity (Wildman–Crippen MR) is 193 cm³/mol. The van der Waals surface area contributed by atoms with Crippen LogP contribution in [-0.4, -0.2) is 51.1 Å². The highest BCUT2D eigenvalue weighted by atomic mass is 16.5. The molecule has 0 saturated heterocycles. The zero-order valence-electron chi connectivity index (χ0n) is 29.2. The van der Waals surface area contributed by atoms with Gasteiger partial charge in [0.25, 0.3) is 0 Å². The predicted octanol–water partition coefficient (Wildman–Crippen LogP) is 8.69. The van der Waals surface area contributed by atoms with Crippen LogP contribution in [0, 0.1) is 27.7 Å². The Morgan fingerprint density at radius 2 is 1.27 bits per heavy atom. The van der Waals surface area contributed by atoms with Gasteiger partial charge in [-0.15, -0.1) is 0 Å². The van der Waals surface area contributed by atoms with Crippen molar-refractivity contribution in [2.75, 3.05) is 19.8 Å². The highest BCUT2D eigenvalue weighted by Crippen LogP contribution is 2.43. The highest BCUT2D eigenvalue weighted by Gasteiger charge is 2.30. The van der Waals surface area contributed by atoms with Gasteiger partial charge in [0.1, 0.15) is 24.2 Å². The second-order valence-corrected chi connectivity index (χ2v) is 13.2. The van der Waals surface area contributed by atoms with Gasteiger partial charge in [-0.2, -0.15) is 0 Å². The summed E-state index contributed by atoms with van der Waals surface area (Å²) in [5.41, 5.74) is 8.01. The molecule has 7 nitrogen and oxygen atoms in total. The van der Waals surface area contributed by atoms with Gasteiger partial charge >= 0.3 is 0 Å². The van der Waals surface area contributed by atoms with Gasteiger partial charge < -0.3 is 19.7 Å². The number of aliphatic hydroxyl groups excluding tert-OH is 1. The Bertz CT molecular complexity index is 1800. The van der Waals surface area contributed by atoms with Gasteiger partial charge in [0, 0.05) is 34.8 Å². The maximum atomic E-state index is 11.6. The van der Waals surface area contributed by atoms with Crippen molar-refractivity contribution < 1.29 is 19.7 Å². The fourth-order valence-corrected chi connectivity index (χ4v) is 5.93. The van der Waals surface area contributed by atoms with Gasteiger partial charge in [0.05, 0.1) is 12.2 Å². The molecule has 0 radical (unpaired) electrons. The second-order valence-electron chi connectivity index (χ2n) is 13.2. The molecular weight excluding hydrogens is 598 g/mol. The third-order valence-electron chi connectivity index (χ3n) is 8.77. The third-order valence-corrected chi connectivity index (χ3v) is 8.77. The molecule has 2 N–H and O–H groups in total. The summed E-state index contributed by atoms with van der Waals surface area (Å²) in [6, 6.07) is 26.1. The minimum absolute atomic E-state index is 0.0161. The van der Waals surface area contributed by atoms with Crippen LogP contribution in [0.2, 0.25) is 0 Å². The largest absolute Gasteiger partial charge is 0.507 e. The Kier molecular flexibility index (Phi) is 10.9. The summed E-state index contributed by atoms with van der Waals surface area (Å²) in [5, 5.41) is 22.2. The first-order chi connectivity index (χ1) is 23.0. The van der Waals surface area contributed by atoms with Crippen LogP contribution in [0.1, 0.15) is 67.0 Å². The van der Waals surface area contributed by atoms with Crippen LogP contribution in [0.3, 0.4) is 0 Å². The first kappa shape index (κ1) is 34.7. The van der Waals surface area contributed by atoms with Crippen molar-refractivity contribution >= 4 is 0 Å². The number of rotatable bonds is 13. The molecule has 5 aromatic rings. The molecule has 0 saturated carbocycles. The summed E-state index contributed by atoms with van der Waals surface area (Å²) < 4.78 is 11.8. The molecular formula is C41H47N3O4. The van der Waals surface area contributed by atoms with E-state index in [4.69, 9.17) is 24.4 Å². The van der Waals surface area contributed by atoms with Crippen molar-refractivity contribution in [1.82, 2.24) is 15.0 Å². The van der Waals surface area contributed by atoms with Crippen molar-refractivity contribution in [1.29, 1.82) is 0 Å². The average Bonchev–Trinajstić information content (AvgIpc) is 3.06. The molecule has 1 atom stereocenters. The van der Waals surface area contributed by atoms with Gasteiger partial charge in [0.2, 0.25) is 0 Å². The Hall–Kier alpha value is -4.59. The zero-order chi connectivity index (χ0) is 34.4. The standard InChI is InChI=1S/C41H47N3O4/c1-8-9-19-47-24-31(45)25-48-37-23-36(46)34(22-35(37)41(6,7)30-13-11-10-12-14-30)40-43-38(32-17-15-26(2)20-28(32)4)42-39(44-40)33-18-16-27(3)21-29(33)5/h10-18,20-23,31,45-46H,8-9,19,24-25H2,1-7H3. The molecule has 1 heterocycles. The molecule has 0 aliphatic heterocycles. The molecule has 0 fully saturated rings. The molecule has 7 heteroatoms. The number of phenols is 1. The SMILES string of the molecule is CCCCOCC(O)COc1cc(O)c(-c2nc(-c3ccc(C)cc3C)nc(-c3ccc(C)cc3C)n2)cc1C(C)(C)c1ccccc1. The molecule has 5 rings (SSSR count). The van der Waals surface area contributed by atoms with E-state index in [2.05, 4.69) is 84.9 Å². The average molecular weight is 646 g/mol. The minimum Gasteiger partial charge on any atom is -0.507 e. The molecule has 0 aliphatic rings. The van der Waals surface area contributed by atoms with Gasteiger partial charge in [-0.1, -0.05) is 105 Å². The van der Waals surface area contributed by atoms with Crippen molar-refractivity contribution in [2.45, 2.75) is 72.8 Å². The van der Waals surface area contributed by atoms with E-state index in [1.54, 1.807) is 6.07 Å². The van der Waals surface area contributed by atoms with Crippen molar-refractivity contribution in [3.05, 3.63) is 112 Å². The number of hydrogen-bond acceptors (Lipinski definition) is 7. The number of aromatic nitrogens is 3. The van der Waals surface area contributed by atoms with Crippen LogP contribution in [0.15, 0.2) is 78.9 Å². The monoisotopic (exact) mass is 645 g/mol. The maximum absolute atomic E-state index is 11.6. The van der Waals surface area contributed by atoms with Crippen molar-refractivity contribution in [2.24, 2.45) is 0 Å². The van der Waals surface area contributed by atoms with E-state index in [0.717, 1.165) is 57.3 Å². The van der Waals surface area contributed by atoms with Gasteiger partial charge in [-0.25, -0.2) is 15.0 Å². The number of benzene rings is 4. The molecule has 0 amide bonds. The maximum Gasteiger partial charge on any atom is 0.167 e. The van der Waals surface area contributed by atoms with Crippen LogP contribution in [-0.2, 0) is 10.2 Å². The smallest absolute Gasteiger partial charge is 0.167 e. The first-order valence-corrected chi connectivity index (χ1v) is 16.7. The number of unbranched alkanes of at least 4 members (excludes halogenated alkanes) is 1. The van der Waals surface area contributed by atoms with Crippen molar-refractivity contribution in [3.63, 3.8) is 0 Å². The number of phenolic OH excluding ortho intramolecular Hbond substituents is 1. The van der Waals surface area contributed by atoms with E-state index >= 15 is 0 Å². The number of aryl methyl sites for hydroxylation is 4. The normalized spacial score (nSPS) is 12.2. The summed E-state index contributed by atoms with van der Waals surface area (Å²) in [4.78, 5) is 14.9. The quantitative estimate of drug-likeness (QED) is 0.124. The molecule has 48 heavy (non-hydrogen) atoms. The van der Waals surface area contributed by atoms with E-state index < -0.39 is 11.5 Å². The second kappa shape index (κ2) is 15.1. The third kappa shape index (κ3) is 7.92. The van der Waals surface area contributed by atoms with E-state index in [1.807, 2.05) is 36.4 Å². The number of nitrogens with zero attached hydrogens (tertiary/aromatic N) is 3. The number of aromatic hydroxyl groups is 1. The summed E-state index contributed by atoms with van der Waals surface area (Å²) in [6.45, 7) is 15.3. The number of hydrogen-bond donors (Lipinski definition) is 2. The molecule has 250 valence electrons. The summed E-state index contributed by atoms with van der Waals surface area (Å²) >= 11 is 0. The summed E-state index contributed by atoms with van der Waals surface area (Å²) in [7, 11) is 0.